The number of anilines is 1. The Morgan fingerprint density at radius 2 is 1.97 bits per heavy atom. The number of amides is 2. The molecular weight excluding hydrogens is 394 g/mol. The molecule has 8 heteroatoms. The normalized spacial score (nSPS) is 17.5. The van der Waals surface area contributed by atoms with E-state index in [1.165, 1.54) is 0 Å². The van der Waals surface area contributed by atoms with Crippen molar-refractivity contribution in [2.24, 2.45) is 0 Å². The summed E-state index contributed by atoms with van der Waals surface area (Å²) in [7, 11) is 1.60. The van der Waals surface area contributed by atoms with E-state index in [9.17, 15) is 9.59 Å². The van der Waals surface area contributed by atoms with Gasteiger partial charge in [0.05, 0.1) is 13.5 Å². The molecule has 8 nitrogen and oxygen atoms in total. The molecule has 2 aromatic heterocycles. The van der Waals surface area contributed by atoms with E-state index in [1.807, 2.05) is 49.4 Å². The van der Waals surface area contributed by atoms with Gasteiger partial charge in [-0.2, -0.15) is 5.10 Å². The molecule has 0 radical (unpaired) electrons. The molecule has 0 spiro atoms. The first-order valence-electron chi connectivity index (χ1n) is 10.2. The molecule has 160 valence electrons. The number of aromatic nitrogens is 3. The molecule has 1 aliphatic rings. The van der Waals surface area contributed by atoms with Gasteiger partial charge in [-0.25, -0.2) is 4.98 Å². The zero-order valence-corrected chi connectivity index (χ0v) is 17.5. The number of methoxy groups -OCH3 is 1. The number of benzene rings is 1. The highest BCUT2D eigenvalue weighted by molar-refractivity contribution is 5.92. The lowest BCUT2D eigenvalue weighted by molar-refractivity contribution is -0.115. The molecule has 1 fully saturated rings. The van der Waals surface area contributed by atoms with E-state index < -0.39 is 0 Å². The van der Waals surface area contributed by atoms with Gasteiger partial charge in [0, 0.05) is 29.4 Å². The van der Waals surface area contributed by atoms with Crippen LogP contribution in [0.5, 0.6) is 5.75 Å². The van der Waals surface area contributed by atoms with Crippen LogP contribution in [0.1, 0.15) is 46.2 Å². The topological polar surface area (TPSA) is 109 Å². The standard InChI is InChI=1S/C23H25N5O3/c1-14-5-3-8-19(24-14)23(30)25-17-11-16(12-17)20-13-21(28-27-20)26-22(29)10-15-6-4-7-18(9-15)31-2/h3-9,13,16-17H,10-12H2,1-2H3,(H,25,30)(H2,26,27,28,29). The molecule has 0 unspecified atom stereocenters. The van der Waals surface area contributed by atoms with Gasteiger partial charge in [0.2, 0.25) is 5.91 Å². The lowest BCUT2D eigenvalue weighted by atomic mass is 9.78. The number of pyridine rings is 1. The van der Waals surface area contributed by atoms with Crippen LogP contribution in [-0.4, -0.2) is 40.1 Å². The zero-order chi connectivity index (χ0) is 21.8. The van der Waals surface area contributed by atoms with E-state index in [1.54, 1.807) is 13.2 Å². The summed E-state index contributed by atoms with van der Waals surface area (Å²) < 4.78 is 5.19. The Balaban J connectivity index is 1.26. The van der Waals surface area contributed by atoms with Crippen molar-refractivity contribution < 1.29 is 14.3 Å². The van der Waals surface area contributed by atoms with E-state index >= 15 is 0 Å². The number of hydrogen-bond acceptors (Lipinski definition) is 5. The van der Waals surface area contributed by atoms with Crippen molar-refractivity contribution in [1.82, 2.24) is 20.5 Å². The monoisotopic (exact) mass is 419 g/mol. The fourth-order valence-corrected chi connectivity index (χ4v) is 3.68. The minimum Gasteiger partial charge on any atom is -0.497 e. The lowest BCUT2D eigenvalue weighted by Gasteiger charge is -2.34. The van der Waals surface area contributed by atoms with Crippen molar-refractivity contribution in [3.63, 3.8) is 0 Å². The van der Waals surface area contributed by atoms with Crippen LogP contribution in [0.25, 0.3) is 0 Å². The van der Waals surface area contributed by atoms with Crippen molar-refractivity contribution in [1.29, 1.82) is 0 Å². The second-order valence-electron chi connectivity index (χ2n) is 7.79. The number of carbonyl (C=O) groups excluding carboxylic acids is 2. The third-order valence-electron chi connectivity index (χ3n) is 5.40. The first-order chi connectivity index (χ1) is 15.0. The molecule has 0 aliphatic heterocycles. The number of aromatic amines is 1. The molecule has 0 saturated heterocycles. The van der Waals surface area contributed by atoms with Crippen LogP contribution in [-0.2, 0) is 11.2 Å². The Morgan fingerprint density at radius 1 is 1.16 bits per heavy atom. The van der Waals surface area contributed by atoms with Gasteiger partial charge in [-0.15, -0.1) is 0 Å². The van der Waals surface area contributed by atoms with Crippen LogP contribution in [0, 0.1) is 6.92 Å². The van der Waals surface area contributed by atoms with Gasteiger partial charge in [0.25, 0.3) is 5.91 Å². The third-order valence-corrected chi connectivity index (χ3v) is 5.40. The second-order valence-corrected chi connectivity index (χ2v) is 7.79. The molecule has 1 aromatic carbocycles. The number of ether oxygens (including phenoxy) is 1. The van der Waals surface area contributed by atoms with Crippen molar-refractivity contribution >= 4 is 17.6 Å². The molecule has 2 heterocycles. The number of nitrogens with one attached hydrogen (secondary N) is 3. The summed E-state index contributed by atoms with van der Waals surface area (Å²) in [6.07, 6.45) is 1.87. The van der Waals surface area contributed by atoms with Crippen molar-refractivity contribution in [3.8, 4) is 5.75 Å². The van der Waals surface area contributed by atoms with E-state index in [-0.39, 0.29) is 30.2 Å². The Hall–Kier alpha value is -3.68. The maximum atomic E-state index is 12.3. The summed E-state index contributed by atoms with van der Waals surface area (Å²) in [5, 5.41) is 13.0. The Bertz CT molecular complexity index is 1090. The summed E-state index contributed by atoms with van der Waals surface area (Å²) in [6, 6.07) is 14.8. The smallest absolute Gasteiger partial charge is 0.270 e. The average molecular weight is 419 g/mol. The van der Waals surface area contributed by atoms with Crippen LogP contribution in [0.3, 0.4) is 0 Å². The van der Waals surface area contributed by atoms with Gasteiger partial charge in [0.15, 0.2) is 5.82 Å². The SMILES string of the molecule is COc1cccc(CC(=O)Nc2cc(C3CC(NC(=O)c4cccc(C)n4)C3)[nH]n2)c1. The quantitative estimate of drug-likeness (QED) is 0.546. The third kappa shape index (κ3) is 5.09. The first-order valence-corrected chi connectivity index (χ1v) is 10.2. The molecule has 0 bridgehead atoms. The van der Waals surface area contributed by atoms with E-state index in [0.717, 1.165) is 35.5 Å². The predicted octanol–water partition coefficient (Wildman–Crippen LogP) is 2.98. The van der Waals surface area contributed by atoms with Crippen LogP contribution in [0.2, 0.25) is 0 Å². The van der Waals surface area contributed by atoms with Gasteiger partial charge >= 0.3 is 0 Å². The fraction of sp³-hybridized carbons (Fsp3) is 0.304. The van der Waals surface area contributed by atoms with Crippen LogP contribution >= 0.6 is 0 Å². The Morgan fingerprint density at radius 3 is 2.74 bits per heavy atom. The zero-order valence-electron chi connectivity index (χ0n) is 17.5. The summed E-state index contributed by atoms with van der Waals surface area (Å²) >= 11 is 0. The highest BCUT2D eigenvalue weighted by Gasteiger charge is 2.33. The van der Waals surface area contributed by atoms with E-state index in [4.69, 9.17) is 4.74 Å². The number of H-pyrrole nitrogens is 1. The van der Waals surface area contributed by atoms with Gasteiger partial charge < -0.3 is 15.4 Å². The molecular formula is C23H25N5O3. The molecule has 2 amide bonds. The fourth-order valence-electron chi connectivity index (χ4n) is 3.68. The first kappa shape index (κ1) is 20.6. The predicted molar refractivity (Wildman–Crippen MR) is 116 cm³/mol. The number of hydrogen-bond donors (Lipinski definition) is 3. The molecule has 3 N–H and O–H groups in total. The van der Waals surface area contributed by atoms with Gasteiger partial charge in [-0.05, 0) is 49.6 Å². The maximum absolute atomic E-state index is 12.3. The Kier molecular flexibility index (Phi) is 5.97. The van der Waals surface area contributed by atoms with E-state index in [2.05, 4.69) is 25.8 Å². The minimum absolute atomic E-state index is 0.106. The number of aryl methyl sites for hydroxylation is 1. The van der Waals surface area contributed by atoms with Gasteiger partial charge in [0.1, 0.15) is 11.4 Å². The van der Waals surface area contributed by atoms with Crippen LogP contribution in [0.15, 0.2) is 48.5 Å². The molecule has 0 atom stereocenters. The largest absolute Gasteiger partial charge is 0.497 e. The number of rotatable bonds is 7. The van der Waals surface area contributed by atoms with E-state index in [0.29, 0.717) is 11.5 Å². The summed E-state index contributed by atoms with van der Waals surface area (Å²) in [6.45, 7) is 1.86. The molecule has 3 aromatic rings. The average Bonchev–Trinajstić information content (AvgIpc) is 3.17. The molecule has 31 heavy (non-hydrogen) atoms. The van der Waals surface area contributed by atoms with Crippen LogP contribution in [0.4, 0.5) is 5.82 Å². The van der Waals surface area contributed by atoms with Gasteiger partial charge in [-0.3, -0.25) is 14.7 Å². The van der Waals surface area contributed by atoms with Crippen LogP contribution < -0.4 is 15.4 Å². The molecule has 1 aliphatic carbocycles. The maximum Gasteiger partial charge on any atom is 0.270 e. The summed E-state index contributed by atoms with van der Waals surface area (Å²) in [5.41, 5.74) is 3.08. The molecule has 1 saturated carbocycles. The highest BCUT2D eigenvalue weighted by Crippen LogP contribution is 2.36. The van der Waals surface area contributed by atoms with Crippen molar-refractivity contribution in [2.75, 3.05) is 12.4 Å². The highest BCUT2D eigenvalue weighted by atomic mass is 16.5. The molecule has 4 rings (SSSR count). The van der Waals surface area contributed by atoms with Crippen molar-refractivity contribution in [3.05, 3.63) is 71.2 Å². The van der Waals surface area contributed by atoms with Gasteiger partial charge in [-0.1, -0.05) is 18.2 Å². The minimum atomic E-state index is -0.151. The van der Waals surface area contributed by atoms with Crippen molar-refractivity contribution in [2.45, 2.75) is 38.1 Å². The Labute approximate surface area is 180 Å². The lowest BCUT2D eigenvalue weighted by Crippen LogP contribution is -2.43. The summed E-state index contributed by atoms with van der Waals surface area (Å²) in [4.78, 5) is 28.9. The number of nitrogens with zero attached hydrogens (tertiary/aromatic N) is 2. The second kappa shape index (κ2) is 8.99. The summed E-state index contributed by atoms with van der Waals surface area (Å²) in [5.74, 6) is 1.20. The number of carbonyl (C=O) groups is 2.